The largest absolute Gasteiger partial charge is 0.309 e. The van der Waals surface area contributed by atoms with Crippen molar-refractivity contribution in [2.45, 2.75) is 0 Å². The van der Waals surface area contributed by atoms with Crippen molar-refractivity contribution in [2.24, 2.45) is 0 Å². The Morgan fingerprint density at radius 1 is 0.471 bits per heavy atom. The van der Waals surface area contributed by atoms with Gasteiger partial charge >= 0.3 is 0 Å². The summed E-state index contributed by atoms with van der Waals surface area (Å²) in [5.41, 5.74) is 7.82. The van der Waals surface area contributed by atoms with Crippen LogP contribution in [0.25, 0.3) is 55.0 Å². The molecule has 34 heavy (non-hydrogen) atoms. The van der Waals surface area contributed by atoms with Crippen LogP contribution in [-0.4, -0.2) is 17.0 Å². The van der Waals surface area contributed by atoms with Gasteiger partial charge in [-0.15, -0.1) is 0 Å². The Morgan fingerprint density at radius 3 is 1.41 bits per heavy atom. The Balaban J connectivity index is 1.69. The van der Waals surface area contributed by atoms with Gasteiger partial charge in [0, 0.05) is 37.4 Å². The smallest absolute Gasteiger partial charge is 0.113 e. The first-order valence-corrected chi connectivity index (χ1v) is 12.1. The zero-order chi connectivity index (χ0) is 22.8. The second kappa shape index (κ2) is 7.38. The molecule has 0 saturated carbocycles. The number of hydrogen-bond donors (Lipinski definition) is 0. The van der Waals surface area contributed by atoms with E-state index in [1.807, 2.05) is 12.1 Å². The fraction of sp³-hybridized carbons (Fsp3) is 0. The van der Waals surface area contributed by atoms with Gasteiger partial charge in [0.05, 0.1) is 22.1 Å². The Morgan fingerprint density at radius 2 is 0.912 bits per heavy atom. The maximum atomic E-state index is 5.99. The van der Waals surface area contributed by atoms with Crippen LogP contribution >= 0.6 is 15.9 Å². The van der Waals surface area contributed by atoms with Gasteiger partial charge in [0.15, 0.2) is 0 Å². The van der Waals surface area contributed by atoms with E-state index in [0.29, 0.717) is 0 Å². The van der Waals surface area contributed by atoms with E-state index in [4.69, 9.17) is 7.85 Å². The molecule has 4 heteroatoms. The van der Waals surface area contributed by atoms with Crippen LogP contribution in [0.4, 0.5) is 0 Å². The predicted octanol–water partition coefficient (Wildman–Crippen LogP) is 7.44. The lowest BCUT2D eigenvalue weighted by atomic mass is 9.96. The van der Waals surface area contributed by atoms with E-state index >= 15 is 0 Å². The summed E-state index contributed by atoms with van der Waals surface area (Å²) in [7, 11) is 5.99. The van der Waals surface area contributed by atoms with Crippen molar-refractivity contribution in [3.8, 4) is 11.4 Å². The lowest BCUT2D eigenvalue weighted by molar-refractivity contribution is 1.17. The maximum absolute atomic E-state index is 5.99. The van der Waals surface area contributed by atoms with Crippen molar-refractivity contribution in [3.63, 3.8) is 0 Å². The highest BCUT2D eigenvalue weighted by Crippen LogP contribution is 2.42. The molecule has 2 aromatic heterocycles. The highest BCUT2D eigenvalue weighted by molar-refractivity contribution is 9.10. The number of halogens is 1. The molecule has 0 atom stereocenters. The monoisotopic (exact) mass is 496 g/mol. The zero-order valence-corrected chi connectivity index (χ0v) is 19.8. The van der Waals surface area contributed by atoms with Crippen LogP contribution in [0, 0.1) is 0 Å². The van der Waals surface area contributed by atoms with Crippen molar-refractivity contribution in [2.75, 3.05) is 0 Å². The van der Waals surface area contributed by atoms with Crippen molar-refractivity contribution < 1.29 is 0 Å². The summed E-state index contributed by atoms with van der Waals surface area (Å²) in [4.78, 5) is 0. The normalized spacial score (nSPS) is 11.8. The molecule has 0 fully saturated rings. The van der Waals surface area contributed by atoms with Gasteiger partial charge in [-0.2, -0.15) is 0 Å². The molecule has 158 valence electrons. The van der Waals surface area contributed by atoms with E-state index in [0.717, 1.165) is 21.3 Å². The molecular weight excluding hydrogens is 479 g/mol. The summed E-state index contributed by atoms with van der Waals surface area (Å²) in [6.07, 6.45) is 0. The van der Waals surface area contributed by atoms with Gasteiger partial charge < -0.3 is 9.13 Å². The summed E-state index contributed by atoms with van der Waals surface area (Å²) >= 11 is 3.58. The van der Waals surface area contributed by atoms with Crippen molar-refractivity contribution in [1.82, 2.24) is 9.13 Å². The molecule has 0 bridgehead atoms. The third kappa shape index (κ3) is 2.75. The summed E-state index contributed by atoms with van der Waals surface area (Å²) in [6.45, 7) is 0. The number of hydrogen-bond acceptors (Lipinski definition) is 0. The minimum Gasteiger partial charge on any atom is -0.309 e. The molecular formula is C30H18BBrN2. The van der Waals surface area contributed by atoms with Crippen molar-refractivity contribution in [1.29, 1.82) is 0 Å². The highest BCUT2D eigenvalue weighted by Gasteiger charge is 2.20. The summed E-state index contributed by atoms with van der Waals surface area (Å²) in [5.74, 6) is 0. The van der Waals surface area contributed by atoms with E-state index in [2.05, 4.69) is 122 Å². The standard InChI is InChI=1S/C30H18BBrN2/c31-19-9-13-21(14-10-19)33-25-7-3-1-5-23(25)29-27(33)17-18-28-30(29)24-6-2-4-8-26(24)34(28)22-15-11-20(32)12-16-22/h1-18H. The summed E-state index contributed by atoms with van der Waals surface area (Å²) in [5, 5.41) is 5.06. The summed E-state index contributed by atoms with van der Waals surface area (Å²) < 4.78 is 5.78. The number of aromatic nitrogens is 2. The minimum atomic E-state index is 0.768. The van der Waals surface area contributed by atoms with Gasteiger partial charge in [0.2, 0.25) is 0 Å². The molecule has 5 aromatic carbocycles. The topological polar surface area (TPSA) is 9.86 Å². The molecule has 0 unspecified atom stereocenters. The van der Waals surface area contributed by atoms with Crippen LogP contribution in [-0.2, 0) is 0 Å². The quantitative estimate of drug-likeness (QED) is 0.220. The van der Waals surface area contributed by atoms with E-state index in [-0.39, 0.29) is 0 Å². The van der Waals surface area contributed by atoms with Gasteiger partial charge in [-0.1, -0.05) is 69.9 Å². The molecule has 2 heterocycles. The van der Waals surface area contributed by atoms with Crippen LogP contribution < -0.4 is 5.46 Å². The first-order chi connectivity index (χ1) is 16.7. The molecule has 7 rings (SSSR count). The zero-order valence-electron chi connectivity index (χ0n) is 18.2. The lowest BCUT2D eigenvalue weighted by Gasteiger charge is -2.09. The number of fused-ring (bicyclic) bond motifs is 7. The molecule has 0 aliphatic heterocycles. The van der Waals surface area contributed by atoms with Gasteiger partial charge in [0.25, 0.3) is 0 Å². The van der Waals surface area contributed by atoms with Crippen molar-refractivity contribution in [3.05, 3.63) is 114 Å². The Kier molecular flexibility index (Phi) is 4.27. The van der Waals surface area contributed by atoms with Crippen molar-refractivity contribution >= 4 is 72.9 Å². The first kappa shape index (κ1) is 19.7. The second-order valence-electron chi connectivity index (χ2n) is 8.63. The molecule has 0 spiro atoms. The third-order valence-corrected chi connectivity index (χ3v) is 7.24. The molecule has 0 N–H and O–H groups in total. The molecule has 0 aliphatic carbocycles. The van der Waals surface area contributed by atoms with Crippen LogP contribution in [0.1, 0.15) is 0 Å². The van der Waals surface area contributed by atoms with Gasteiger partial charge in [-0.25, -0.2) is 0 Å². The molecule has 7 aromatic rings. The number of rotatable bonds is 2. The number of benzene rings is 5. The number of para-hydroxylation sites is 2. The third-order valence-electron chi connectivity index (χ3n) is 6.71. The van der Waals surface area contributed by atoms with Crippen LogP contribution in [0.15, 0.2) is 114 Å². The van der Waals surface area contributed by atoms with E-state index in [9.17, 15) is 0 Å². The average Bonchev–Trinajstić information content (AvgIpc) is 3.38. The molecule has 2 radical (unpaired) electrons. The number of nitrogens with zero attached hydrogens (tertiary/aromatic N) is 2. The fourth-order valence-corrected chi connectivity index (χ4v) is 5.55. The Labute approximate surface area is 206 Å². The van der Waals surface area contributed by atoms with E-state index in [1.54, 1.807) is 0 Å². The lowest BCUT2D eigenvalue weighted by Crippen LogP contribution is -2.02. The molecule has 0 amide bonds. The maximum Gasteiger partial charge on any atom is 0.113 e. The Bertz CT molecular complexity index is 1720. The van der Waals surface area contributed by atoms with Gasteiger partial charge in [-0.3, -0.25) is 0 Å². The highest BCUT2D eigenvalue weighted by atomic mass is 79.9. The predicted molar refractivity (Wildman–Crippen MR) is 148 cm³/mol. The Hall–Kier alpha value is -3.76. The second-order valence-corrected chi connectivity index (χ2v) is 9.54. The molecule has 2 nitrogen and oxygen atoms in total. The first-order valence-electron chi connectivity index (χ1n) is 11.3. The van der Waals surface area contributed by atoms with Crippen LogP contribution in [0.3, 0.4) is 0 Å². The van der Waals surface area contributed by atoms with E-state index < -0.39 is 0 Å². The fourth-order valence-electron chi connectivity index (χ4n) is 5.29. The van der Waals surface area contributed by atoms with Crippen LogP contribution in [0.2, 0.25) is 0 Å². The van der Waals surface area contributed by atoms with E-state index in [1.165, 1.54) is 43.6 Å². The molecule has 0 saturated heterocycles. The summed E-state index contributed by atoms with van der Waals surface area (Å²) in [6, 6.07) is 38.5. The minimum absolute atomic E-state index is 0.768. The van der Waals surface area contributed by atoms with Crippen LogP contribution in [0.5, 0.6) is 0 Å². The van der Waals surface area contributed by atoms with Gasteiger partial charge in [-0.05, 0) is 60.7 Å². The van der Waals surface area contributed by atoms with Gasteiger partial charge in [0.1, 0.15) is 7.85 Å². The molecule has 0 aliphatic rings. The SMILES string of the molecule is [B]c1ccc(-n2c3ccccc3c3c4c5ccccc5n(-c5ccc(Br)cc5)c4ccc32)cc1. The average molecular weight is 497 g/mol.